The molecule has 0 unspecified atom stereocenters. The summed E-state index contributed by atoms with van der Waals surface area (Å²) in [5.41, 5.74) is 0.604. The van der Waals surface area contributed by atoms with Crippen molar-refractivity contribution in [3.05, 3.63) is 35.5 Å². The number of nitrogens with one attached hydrogen (secondary N) is 1. The second-order valence-corrected chi connectivity index (χ2v) is 4.25. The van der Waals surface area contributed by atoms with Gasteiger partial charge in [-0.1, -0.05) is 11.8 Å². The molecule has 0 aliphatic carbocycles. The predicted octanol–water partition coefficient (Wildman–Crippen LogP) is 1.67. The van der Waals surface area contributed by atoms with Gasteiger partial charge in [0, 0.05) is 27.5 Å². The van der Waals surface area contributed by atoms with Gasteiger partial charge >= 0.3 is 0 Å². The molecule has 104 valence electrons. The topological polar surface area (TPSA) is 129 Å². The van der Waals surface area contributed by atoms with Crippen LogP contribution in [0, 0.1) is 5.21 Å². The lowest BCUT2D eigenvalue weighted by atomic mass is 10.1. The fraction of sp³-hybridized carbons (Fsp3) is 0. The number of benzene rings is 2. The molecule has 0 amide bonds. The molecule has 0 aliphatic rings. The molecule has 2 aromatic carbocycles. The zero-order valence-electron chi connectivity index (χ0n) is 9.94. The summed E-state index contributed by atoms with van der Waals surface area (Å²) in [5, 5.41) is 50.2. The van der Waals surface area contributed by atoms with E-state index in [9.17, 15) is 20.7 Å². The molecule has 1 aromatic heterocycles. The SMILES string of the molecule is [O-]c1cc2[nH]c3cccc(N(O)O)c3c2cc1N([O-])O. The van der Waals surface area contributed by atoms with Crippen molar-refractivity contribution in [2.45, 2.75) is 0 Å². The molecular formula is C12H9N3O5-2. The van der Waals surface area contributed by atoms with Crippen LogP contribution in [0.5, 0.6) is 5.75 Å². The number of fused-ring (bicyclic) bond motifs is 3. The maximum Gasteiger partial charge on any atom is 0.104 e. The Hall–Kier alpha value is -2.52. The van der Waals surface area contributed by atoms with E-state index < -0.39 is 16.7 Å². The number of rotatable bonds is 2. The maximum absolute atomic E-state index is 11.6. The molecule has 0 spiro atoms. The van der Waals surface area contributed by atoms with E-state index >= 15 is 0 Å². The minimum absolute atomic E-state index is 0.0473. The van der Waals surface area contributed by atoms with Crippen molar-refractivity contribution in [3.63, 3.8) is 0 Å². The molecular weight excluding hydrogens is 266 g/mol. The van der Waals surface area contributed by atoms with Crippen LogP contribution in [-0.2, 0) is 0 Å². The fourth-order valence-corrected chi connectivity index (χ4v) is 2.27. The zero-order chi connectivity index (χ0) is 14.4. The second-order valence-electron chi connectivity index (χ2n) is 4.25. The van der Waals surface area contributed by atoms with Crippen LogP contribution in [0.4, 0.5) is 11.4 Å². The summed E-state index contributed by atoms with van der Waals surface area (Å²) < 4.78 is 0. The van der Waals surface area contributed by atoms with Crippen molar-refractivity contribution >= 4 is 33.2 Å². The molecule has 8 heteroatoms. The Labute approximate surface area is 111 Å². The number of aromatic amines is 1. The highest BCUT2D eigenvalue weighted by Gasteiger charge is 2.13. The standard InChI is InChI=1S/C12H10N3O5/c16-11-5-8-6(4-10(11)15(19)20)12-7(13-8)2-1-3-9(12)14(17)18/h1-5,13,16-19H/q-1/p-1. The molecule has 4 N–H and O–H groups in total. The average Bonchev–Trinajstić information content (AvgIpc) is 2.74. The summed E-state index contributed by atoms with van der Waals surface area (Å²) in [7, 11) is 0. The first kappa shape index (κ1) is 12.5. The summed E-state index contributed by atoms with van der Waals surface area (Å²) in [6.45, 7) is 0. The van der Waals surface area contributed by atoms with Gasteiger partial charge in [0.2, 0.25) is 0 Å². The van der Waals surface area contributed by atoms with E-state index in [2.05, 4.69) is 4.98 Å². The number of aromatic nitrogens is 1. The average molecular weight is 275 g/mol. The van der Waals surface area contributed by atoms with Crippen LogP contribution in [-0.4, -0.2) is 20.6 Å². The summed E-state index contributed by atoms with van der Waals surface area (Å²) in [5.74, 6) is -0.645. The molecule has 20 heavy (non-hydrogen) atoms. The monoisotopic (exact) mass is 275 g/mol. The van der Waals surface area contributed by atoms with Crippen LogP contribution in [0.2, 0.25) is 0 Å². The third-order valence-electron chi connectivity index (χ3n) is 3.10. The first-order valence-corrected chi connectivity index (χ1v) is 5.58. The van der Waals surface area contributed by atoms with Crippen LogP contribution < -0.4 is 15.6 Å². The minimum Gasteiger partial charge on any atom is -0.871 e. The van der Waals surface area contributed by atoms with Gasteiger partial charge in [0.25, 0.3) is 0 Å². The molecule has 0 bridgehead atoms. The first-order chi connectivity index (χ1) is 9.49. The molecule has 3 aromatic rings. The Balaban J connectivity index is 2.44. The van der Waals surface area contributed by atoms with Gasteiger partial charge in [-0.3, -0.25) is 15.6 Å². The van der Waals surface area contributed by atoms with Gasteiger partial charge in [-0.05, 0) is 24.3 Å². The molecule has 0 aliphatic heterocycles. The molecule has 0 radical (unpaired) electrons. The summed E-state index contributed by atoms with van der Waals surface area (Å²) in [6, 6.07) is 7.08. The maximum atomic E-state index is 11.6. The summed E-state index contributed by atoms with van der Waals surface area (Å²) >= 11 is 0. The number of anilines is 2. The second kappa shape index (κ2) is 4.25. The fourth-order valence-electron chi connectivity index (χ4n) is 2.27. The molecule has 8 nitrogen and oxygen atoms in total. The van der Waals surface area contributed by atoms with Crippen molar-refractivity contribution in [1.29, 1.82) is 0 Å². The highest BCUT2D eigenvalue weighted by Crippen LogP contribution is 2.37. The Morgan fingerprint density at radius 3 is 2.40 bits per heavy atom. The van der Waals surface area contributed by atoms with E-state index in [-0.39, 0.29) is 10.9 Å². The zero-order valence-corrected chi connectivity index (χ0v) is 9.94. The third kappa shape index (κ3) is 1.72. The molecule has 0 saturated heterocycles. The van der Waals surface area contributed by atoms with Crippen molar-refractivity contribution < 1.29 is 20.7 Å². The van der Waals surface area contributed by atoms with Gasteiger partial charge in [-0.15, -0.1) is 5.23 Å². The minimum atomic E-state index is -0.645. The van der Waals surface area contributed by atoms with Crippen molar-refractivity contribution in [2.24, 2.45) is 0 Å². The lowest BCUT2D eigenvalue weighted by Crippen LogP contribution is -2.11. The van der Waals surface area contributed by atoms with Gasteiger partial charge in [-0.25, -0.2) is 0 Å². The number of nitrogens with zero attached hydrogens (tertiary/aromatic N) is 2. The predicted molar refractivity (Wildman–Crippen MR) is 68.9 cm³/mol. The van der Waals surface area contributed by atoms with E-state index in [0.717, 1.165) is 6.07 Å². The van der Waals surface area contributed by atoms with Crippen LogP contribution in [0.1, 0.15) is 0 Å². The largest absolute Gasteiger partial charge is 0.871 e. The lowest BCUT2D eigenvalue weighted by Gasteiger charge is -2.27. The Kier molecular flexibility index (Phi) is 2.66. The van der Waals surface area contributed by atoms with Gasteiger partial charge in [0.05, 0.1) is 0 Å². The Morgan fingerprint density at radius 2 is 1.75 bits per heavy atom. The molecule has 0 saturated carbocycles. The molecule has 0 atom stereocenters. The van der Waals surface area contributed by atoms with E-state index in [0.29, 0.717) is 21.8 Å². The van der Waals surface area contributed by atoms with Crippen molar-refractivity contribution in [3.8, 4) is 5.75 Å². The van der Waals surface area contributed by atoms with Crippen LogP contribution in [0.15, 0.2) is 30.3 Å². The third-order valence-corrected chi connectivity index (χ3v) is 3.10. The number of H-pyrrole nitrogens is 1. The Morgan fingerprint density at radius 1 is 1.00 bits per heavy atom. The summed E-state index contributed by atoms with van der Waals surface area (Å²) in [6.07, 6.45) is 0. The molecule has 1 heterocycles. The normalized spacial score (nSPS) is 11.2. The Bertz CT molecular complexity index is 796. The van der Waals surface area contributed by atoms with E-state index in [1.54, 1.807) is 12.1 Å². The van der Waals surface area contributed by atoms with Gasteiger partial charge in [-0.2, -0.15) is 0 Å². The van der Waals surface area contributed by atoms with Crippen LogP contribution in [0.25, 0.3) is 21.8 Å². The van der Waals surface area contributed by atoms with Crippen LogP contribution in [0.3, 0.4) is 0 Å². The quantitative estimate of drug-likeness (QED) is 0.523. The van der Waals surface area contributed by atoms with E-state index in [4.69, 9.17) is 5.21 Å². The van der Waals surface area contributed by atoms with E-state index in [1.807, 2.05) is 0 Å². The highest BCUT2D eigenvalue weighted by molar-refractivity contribution is 6.14. The lowest BCUT2D eigenvalue weighted by molar-refractivity contribution is -0.267. The van der Waals surface area contributed by atoms with Gasteiger partial charge in [0.1, 0.15) is 5.69 Å². The number of hydrogen-bond acceptors (Lipinski definition) is 7. The van der Waals surface area contributed by atoms with E-state index in [1.165, 1.54) is 12.1 Å². The van der Waals surface area contributed by atoms with Crippen molar-refractivity contribution in [1.82, 2.24) is 4.98 Å². The highest BCUT2D eigenvalue weighted by atomic mass is 16.8. The molecule has 3 rings (SSSR count). The summed E-state index contributed by atoms with van der Waals surface area (Å²) in [4.78, 5) is 2.93. The number of hydrogen-bond donors (Lipinski definition) is 4. The van der Waals surface area contributed by atoms with Crippen LogP contribution >= 0.6 is 0 Å². The molecule has 0 fully saturated rings. The first-order valence-electron chi connectivity index (χ1n) is 5.58. The van der Waals surface area contributed by atoms with Gasteiger partial charge < -0.3 is 20.5 Å². The van der Waals surface area contributed by atoms with Gasteiger partial charge in [0.15, 0.2) is 0 Å². The van der Waals surface area contributed by atoms with Crippen molar-refractivity contribution in [2.75, 3.05) is 10.5 Å². The smallest absolute Gasteiger partial charge is 0.104 e.